The minimum atomic E-state index is -4.48. The molecule has 0 bridgehead atoms. The zero-order valence-corrected chi connectivity index (χ0v) is 22.2. The summed E-state index contributed by atoms with van der Waals surface area (Å²) in [5.41, 5.74) is 1.34. The first-order valence-corrected chi connectivity index (χ1v) is 12.8. The Hall–Kier alpha value is -4.74. The van der Waals surface area contributed by atoms with Gasteiger partial charge in [-0.05, 0) is 54.4 Å². The zero-order chi connectivity index (χ0) is 29.5. The second kappa shape index (κ2) is 10.7. The van der Waals surface area contributed by atoms with Gasteiger partial charge in [0, 0.05) is 32.7 Å². The van der Waals surface area contributed by atoms with Crippen molar-refractivity contribution < 1.29 is 17.6 Å². The Morgan fingerprint density at radius 1 is 0.951 bits per heavy atom. The summed E-state index contributed by atoms with van der Waals surface area (Å²) in [4.78, 5) is 21.5. The quantitative estimate of drug-likeness (QED) is 0.322. The van der Waals surface area contributed by atoms with Gasteiger partial charge in [0.2, 0.25) is 0 Å². The molecule has 0 aliphatic carbocycles. The molecule has 0 spiro atoms. The lowest BCUT2D eigenvalue weighted by Gasteiger charge is -2.45. The van der Waals surface area contributed by atoms with Gasteiger partial charge in [0.05, 0.1) is 22.8 Å². The molecule has 208 valence electrons. The molecule has 7 nitrogen and oxygen atoms in total. The van der Waals surface area contributed by atoms with Crippen LogP contribution in [0.15, 0.2) is 65.5 Å². The Morgan fingerprint density at radius 2 is 1.59 bits per heavy atom. The lowest BCUT2D eigenvalue weighted by Crippen LogP contribution is -2.53. The molecule has 1 aliphatic rings. The van der Waals surface area contributed by atoms with Crippen LogP contribution in [0.5, 0.6) is 0 Å². The molecule has 41 heavy (non-hydrogen) atoms. The van der Waals surface area contributed by atoms with Gasteiger partial charge in [-0.15, -0.1) is 0 Å². The Bertz CT molecular complexity index is 1750. The van der Waals surface area contributed by atoms with E-state index in [2.05, 4.69) is 9.88 Å². The number of alkyl halides is 3. The minimum absolute atomic E-state index is 0.0823. The van der Waals surface area contributed by atoms with Crippen LogP contribution in [0.2, 0.25) is 0 Å². The number of rotatable bonds is 4. The fourth-order valence-electron chi connectivity index (χ4n) is 5.50. The Labute approximate surface area is 233 Å². The van der Waals surface area contributed by atoms with Crippen molar-refractivity contribution in [2.24, 2.45) is 7.05 Å². The molecule has 1 unspecified atom stereocenters. The van der Waals surface area contributed by atoms with E-state index in [0.29, 0.717) is 47.5 Å². The van der Waals surface area contributed by atoms with Gasteiger partial charge in [-0.2, -0.15) is 23.7 Å². The zero-order valence-electron chi connectivity index (χ0n) is 22.2. The molecule has 11 heteroatoms. The number of halogens is 4. The van der Waals surface area contributed by atoms with Crippen LogP contribution in [0.25, 0.3) is 11.0 Å². The van der Waals surface area contributed by atoms with Gasteiger partial charge in [-0.1, -0.05) is 24.3 Å². The highest BCUT2D eigenvalue weighted by Gasteiger charge is 2.35. The predicted octanol–water partition coefficient (Wildman–Crippen LogP) is 5.13. The van der Waals surface area contributed by atoms with Crippen LogP contribution in [0.4, 0.5) is 23.2 Å². The van der Waals surface area contributed by atoms with E-state index in [0.717, 1.165) is 12.1 Å². The maximum absolute atomic E-state index is 13.8. The lowest BCUT2D eigenvalue weighted by atomic mass is 9.93. The first-order valence-electron chi connectivity index (χ1n) is 12.8. The largest absolute Gasteiger partial charge is 0.416 e. The third-order valence-corrected chi connectivity index (χ3v) is 7.51. The van der Waals surface area contributed by atoms with Gasteiger partial charge >= 0.3 is 6.18 Å². The summed E-state index contributed by atoms with van der Waals surface area (Å²) < 4.78 is 54.9. The number of fused-ring (bicyclic) bond motifs is 1. The molecule has 2 atom stereocenters. The second-order valence-electron chi connectivity index (χ2n) is 9.98. The van der Waals surface area contributed by atoms with E-state index in [9.17, 15) is 32.9 Å². The Morgan fingerprint density at radius 3 is 2.15 bits per heavy atom. The summed E-state index contributed by atoms with van der Waals surface area (Å²) in [6.07, 6.45) is -4.48. The van der Waals surface area contributed by atoms with Crippen molar-refractivity contribution in [3.05, 3.63) is 105 Å². The number of hydrogen-bond acceptors (Lipinski definition) is 6. The van der Waals surface area contributed by atoms with Crippen LogP contribution in [0, 0.1) is 28.5 Å². The minimum Gasteiger partial charge on any atom is -0.366 e. The van der Waals surface area contributed by atoms with Gasteiger partial charge in [0.25, 0.3) is 5.56 Å². The fraction of sp³-hybridized carbons (Fsp3) is 0.267. The maximum atomic E-state index is 13.8. The molecule has 1 aliphatic heterocycles. The van der Waals surface area contributed by atoms with E-state index in [1.165, 1.54) is 34.9 Å². The maximum Gasteiger partial charge on any atom is 0.416 e. The summed E-state index contributed by atoms with van der Waals surface area (Å²) in [6.45, 7) is 3.06. The van der Waals surface area contributed by atoms with Crippen LogP contribution in [0.1, 0.15) is 40.9 Å². The molecule has 5 rings (SSSR count). The smallest absolute Gasteiger partial charge is 0.366 e. The predicted molar refractivity (Wildman–Crippen MR) is 144 cm³/mol. The molecule has 3 heterocycles. The molecule has 1 fully saturated rings. The van der Waals surface area contributed by atoms with Crippen molar-refractivity contribution in [1.82, 2.24) is 14.5 Å². The average Bonchev–Trinajstić information content (AvgIpc) is 2.96. The van der Waals surface area contributed by atoms with Gasteiger partial charge in [-0.3, -0.25) is 9.69 Å². The SMILES string of the molecule is C[C@@H]1CN(c2c(C#N)c(=O)n(C)c3ccc(C#N)nc23)CCN1C(c1ccc(F)cc1)c1ccc(C(F)(F)F)cc1. The first kappa shape index (κ1) is 27.8. The molecule has 0 radical (unpaired) electrons. The number of hydrogen-bond donors (Lipinski definition) is 0. The van der Waals surface area contributed by atoms with Crippen LogP contribution < -0.4 is 10.5 Å². The third-order valence-electron chi connectivity index (χ3n) is 7.51. The topological polar surface area (TPSA) is 88.9 Å². The second-order valence-corrected chi connectivity index (χ2v) is 9.98. The molecule has 0 amide bonds. The Kier molecular flexibility index (Phi) is 7.24. The molecule has 0 N–H and O–H groups in total. The average molecular weight is 561 g/mol. The van der Waals surface area contributed by atoms with Crippen LogP contribution in [-0.4, -0.2) is 40.1 Å². The van der Waals surface area contributed by atoms with Crippen molar-refractivity contribution in [1.29, 1.82) is 10.5 Å². The molecule has 2 aromatic heterocycles. The third kappa shape index (κ3) is 5.12. The number of benzene rings is 2. The molecule has 1 saturated heterocycles. The van der Waals surface area contributed by atoms with Gasteiger partial charge in [-0.25, -0.2) is 9.37 Å². The highest BCUT2D eigenvalue weighted by atomic mass is 19.4. The van der Waals surface area contributed by atoms with E-state index < -0.39 is 29.2 Å². The van der Waals surface area contributed by atoms with Crippen molar-refractivity contribution in [2.45, 2.75) is 25.2 Å². The van der Waals surface area contributed by atoms with E-state index in [1.807, 2.05) is 24.0 Å². The van der Waals surface area contributed by atoms with E-state index in [1.54, 1.807) is 25.2 Å². The number of anilines is 1. The van der Waals surface area contributed by atoms with Crippen molar-refractivity contribution >= 4 is 16.7 Å². The number of pyridine rings is 2. The summed E-state index contributed by atoms with van der Waals surface area (Å²) in [5.74, 6) is -0.427. The lowest BCUT2D eigenvalue weighted by molar-refractivity contribution is -0.137. The van der Waals surface area contributed by atoms with E-state index >= 15 is 0 Å². The van der Waals surface area contributed by atoms with Crippen molar-refractivity contribution in [2.75, 3.05) is 24.5 Å². The number of aryl methyl sites for hydroxylation is 1. The van der Waals surface area contributed by atoms with Crippen LogP contribution in [-0.2, 0) is 13.2 Å². The summed E-state index contributed by atoms with van der Waals surface area (Å²) >= 11 is 0. The number of aromatic nitrogens is 2. The molecule has 2 aromatic carbocycles. The summed E-state index contributed by atoms with van der Waals surface area (Å²) in [5, 5.41) is 19.4. The van der Waals surface area contributed by atoms with E-state index in [-0.39, 0.29) is 17.3 Å². The molecule has 4 aromatic rings. The Balaban J connectivity index is 1.55. The van der Waals surface area contributed by atoms with Crippen molar-refractivity contribution in [3.8, 4) is 12.1 Å². The molecular weight excluding hydrogens is 536 g/mol. The van der Waals surface area contributed by atoms with Gasteiger partial charge < -0.3 is 9.47 Å². The monoisotopic (exact) mass is 560 g/mol. The highest BCUT2D eigenvalue weighted by molar-refractivity contribution is 5.92. The van der Waals surface area contributed by atoms with Gasteiger partial charge in [0.1, 0.15) is 34.7 Å². The number of nitriles is 2. The van der Waals surface area contributed by atoms with Crippen LogP contribution >= 0.6 is 0 Å². The number of piperazine rings is 1. The normalized spacial score (nSPS) is 16.8. The van der Waals surface area contributed by atoms with Crippen molar-refractivity contribution in [3.63, 3.8) is 0 Å². The fourth-order valence-corrected chi connectivity index (χ4v) is 5.50. The molecule has 0 saturated carbocycles. The molecular formula is C30H24F4N6O. The van der Waals surface area contributed by atoms with Crippen LogP contribution in [0.3, 0.4) is 0 Å². The number of nitrogens with zero attached hydrogens (tertiary/aromatic N) is 6. The first-order chi connectivity index (χ1) is 19.5. The van der Waals surface area contributed by atoms with E-state index in [4.69, 9.17) is 0 Å². The standard InChI is InChI=1S/C30H24F4N6O/c1-18-17-39(28-24(16-36)29(41)38(2)25-12-11-23(15-35)37-26(25)28)13-14-40(18)27(20-5-9-22(31)10-6-20)19-3-7-21(8-4-19)30(32,33)34/h3-12,18,27H,13-14,17H2,1-2H3/t18-,27?/m1/s1. The summed E-state index contributed by atoms with van der Waals surface area (Å²) in [7, 11) is 1.54. The van der Waals surface area contributed by atoms with Gasteiger partial charge in [0.15, 0.2) is 0 Å². The highest BCUT2D eigenvalue weighted by Crippen LogP contribution is 2.37. The summed E-state index contributed by atoms with van der Waals surface area (Å²) in [6, 6.07) is 17.3.